The topological polar surface area (TPSA) is 92.5 Å². The molecule has 7 nitrogen and oxygen atoms in total. The van der Waals surface area contributed by atoms with Crippen LogP contribution < -0.4 is 15.9 Å². The summed E-state index contributed by atoms with van der Waals surface area (Å²) in [5.74, 6) is 0.334. The molecule has 4 aromatic rings. The molecule has 2 aromatic heterocycles. The van der Waals surface area contributed by atoms with Crippen LogP contribution in [0.15, 0.2) is 62.2 Å². The predicted octanol–water partition coefficient (Wildman–Crippen LogP) is 3.70. The lowest BCUT2D eigenvalue weighted by Gasteiger charge is -1.99. The lowest BCUT2D eigenvalue weighted by Crippen LogP contribution is -1.92. The number of aromatic nitrogens is 2. The number of hydrazone groups is 1. The number of hydrogen-bond donors (Lipinski definition) is 2. The molecule has 0 radical (unpaired) electrons. The average molecular weight is 366 g/mol. The van der Waals surface area contributed by atoms with Crippen molar-refractivity contribution in [3.8, 4) is 17.0 Å². The molecule has 0 aliphatic carbocycles. The fraction of sp³-hybridized carbons (Fsp3) is 0.0556. The first-order chi connectivity index (χ1) is 12.7. The molecule has 130 valence electrons. The van der Waals surface area contributed by atoms with Gasteiger partial charge < -0.3 is 9.15 Å². The summed E-state index contributed by atoms with van der Waals surface area (Å²) in [5.41, 5.74) is 6.68. The standard InChI is InChI=1S/C18H14N4O3S/c1-24-13-5-2-11(3-6-13)9-19-22-17-20-15(10-26-17)12-4-7-14-16(8-12)25-18(23)21-14/h2-10H,1H3,(H,20,22)(H,21,23)/b19-9+. The minimum Gasteiger partial charge on any atom is -0.497 e. The molecule has 0 saturated carbocycles. The average Bonchev–Trinajstić information content (AvgIpc) is 3.27. The molecule has 0 amide bonds. The van der Waals surface area contributed by atoms with Gasteiger partial charge in [0.05, 0.1) is 24.5 Å². The number of methoxy groups -OCH3 is 1. The number of nitrogens with one attached hydrogen (secondary N) is 2. The van der Waals surface area contributed by atoms with Gasteiger partial charge in [-0.15, -0.1) is 11.3 Å². The van der Waals surface area contributed by atoms with Crippen molar-refractivity contribution >= 4 is 33.8 Å². The second-order valence-electron chi connectivity index (χ2n) is 5.41. The SMILES string of the molecule is COc1ccc(/C=N/Nc2nc(-c3ccc4[nH]c(=O)oc4c3)cs2)cc1. The third-order valence-electron chi connectivity index (χ3n) is 3.71. The van der Waals surface area contributed by atoms with Crippen LogP contribution in [0, 0.1) is 0 Å². The van der Waals surface area contributed by atoms with Crippen LogP contribution in [0.1, 0.15) is 5.56 Å². The minimum absolute atomic E-state index is 0.467. The van der Waals surface area contributed by atoms with Crippen LogP contribution in [-0.4, -0.2) is 23.3 Å². The predicted molar refractivity (Wildman–Crippen MR) is 102 cm³/mol. The van der Waals surface area contributed by atoms with Crippen molar-refractivity contribution in [2.75, 3.05) is 12.5 Å². The van der Waals surface area contributed by atoms with Gasteiger partial charge in [-0.1, -0.05) is 6.07 Å². The summed E-state index contributed by atoms with van der Waals surface area (Å²) in [4.78, 5) is 18.4. The number of benzene rings is 2. The monoisotopic (exact) mass is 366 g/mol. The number of rotatable bonds is 5. The van der Waals surface area contributed by atoms with Crippen LogP contribution in [0.2, 0.25) is 0 Å². The van der Waals surface area contributed by atoms with E-state index in [0.29, 0.717) is 16.2 Å². The van der Waals surface area contributed by atoms with E-state index in [1.807, 2.05) is 35.7 Å². The highest BCUT2D eigenvalue weighted by molar-refractivity contribution is 7.14. The molecule has 2 aromatic carbocycles. The molecule has 2 heterocycles. The van der Waals surface area contributed by atoms with Crippen LogP contribution in [-0.2, 0) is 0 Å². The van der Waals surface area contributed by atoms with Crippen LogP contribution in [0.4, 0.5) is 5.13 Å². The molecule has 0 atom stereocenters. The lowest BCUT2D eigenvalue weighted by molar-refractivity contribution is 0.415. The smallest absolute Gasteiger partial charge is 0.417 e. The van der Waals surface area contributed by atoms with E-state index in [1.54, 1.807) is 25.5 Å². The zero-order valence-corrected chi connectivity index (χ0v) is 14.5. The van der Waals surface area contributed by atoms with E-state index in [9.17, 15) is 4.79 Å². The molecule has 0 unspecified atom stereocenters. The molecule has 0 aliphatic rings. The summed E-state index contributed by atoms with van der Waals surface area (Å²) >= 11 is 1.44. The highest BCUT2D eigenvalue weighted by atomic mass is 32.1. The highest BCUT2D eigenvalue weighted by Gasteiger charge is 2.07. The van der Waals surface area contributed by atoms with Crippen molar-refractivity contribution in [2.24, 2.45) is 5.10 Å². The number of ether oxygens (including phenoxy) is 1. The second kappa shape index (κ2) is 6.85. The largest absolute Gasteiger partial charge is 0.497 e. The quantitative estimate of drug-likeness (QED) is 0.415. The van der Waals surface area contributed by atoms with Gasteiger partial charge in [0.25, 0.3) is 0 Å². The molecule has 0 saturated heterocycles. The molecule has 0 fully saturated rings. The molecular formula is C18H14N4O3S. The van der Waals surface area contributed by atoms with Crippen molar-refractivity contribution < 1.29 is 9.15 Å². The van der Waals surface area contributed by atoms with Gasteiger partial charge in [-0.2, -0.15) is 5.10 Å². The number of hydrogen-bond acceptors (Lipinski definition) is 7. The maximum Gasteiger partial charge on any atom is 0.417 e. The van der Waals surface area contributed by atoms with E-state index in [2.05, 4.69) is 20.5 Å². The number of nitrogens with zero attached hydrogens (tertiary/aromatic N) is 2. The number of thiazole rings is 1. The van der Waals surface area contributed by atoms with E-state index in [1.165, 1.54) is 11.3 Å². The van der Waals surface area contributed by atoms with E-state index in [0.717, 1.165) is 22.6 Å². The molecule has 4 rings (SSSR count). The first kappa shape index (κ1) is 16.1. The van der Waals surface area contributed by atoms with E-state index in [4.69, 9.17) is 9.15 Å². The summed E-state index contributed by atoms with van der Waals surface area (Å²) in [5, 5.41) is 6.78. The summed E-state index contributed by atoms with van der Waals surface area (Å²) in [6.45, 7) is 0. The molecule has 26 heavy (non-hydrogen) atoms. The van der Waals surface area contributed by atoms with Gasteiger partial charge in [-0.3, -0.25) is 10.4 Å². The van der Waals surface area contributed by atoms with Gasteiger partial charge in [0.1, 0.15) is 5.75 Å². The van der Waals surface area contributed by atoms with Crippen molar-refractivity contribution in [3.05, 3.63) is 64.0 Å². The van der Waals surface area contributed by atoms with Crippen LogP contribution >= 0.6 is 11.3 Å². The Morgan fingerprint density at radius 2 is 2.12 bits per heavy atom. The Morgan fingerprint density at radius 1 is 1.27 bits per heavy atom. The Labute approximate surface area is 152 Å². The molecule has 0 bridgehead atoms. The van der Waals surface area contributed by atoms with Gasteiger partial charge in [0.15, 0.2) is 5.58 Å². The van der Waals surface area contributed by atoms with Crippen molar-refractivity contribution in [2.45, 2.75) is 0 Å². The first-order valence-electron chi connectivity index (χ1n) is 7.73. The number of oxazole rings is 1. The first-order valence-corrected chi connectivity index (χ1v) is 8.61. The van der Waals surface area contributed by atoms with E-state index in [-0.39, 0.29) is 0 Å². The second-order valence-corrected chi connectivity index (χ2v) is 6.26. The van der Waals surface area contributed by atoms with Crippen LogP contribution in [0.3, 0.4) is 0 Å². The molecule has 0 spiro atoms. The summed E-state index contributed by atoms with van der Waals surface area (Å²) < 4.78 is 10.2. The van der Waals surface area contributed by atoms with Crippen molar-refractivity contribution in [1.82, 2.24) is 9.97 Å². The summed E-state index contributed by atoms with van der Waals surface area (Å²) in [7, 11) is 1.63. The Balaban J connectivity index is 1.48. The van der Waals surface area contributed by atoms with Gasteiger partial charge in [-0.25, -0.2) is 9.78 Å². The zero-order valence-electron chi connectivity index (χ0n) is 13.7. The van der Waals surface area contributed by atoms with Crippen LogP contribution in [0.25, 0.3) is 22.4 Å². The fourth-order valence-corrected chi connectivity index (χ4v) is 3.08. The number of aromatic amines is 1. The maximum absolute atomic E-state index is 11.2. The molecule has 0 aliphatic heterocycles. The van der Waals surface area contributed by atoms with Gasteiger partial charge in [0.2, 0.25) is 5.13 Å². The Morgan fingerprint density at radius 3 is 2.92 bits per heavy atom. The Kier molecular flexibility index (Phi) is 4.24. The minimum atomic E-state index is -0.467. The summed E-state index contributed by atoms with van der Waals surface area (Å²) in [6, 6.07) is 13.0. The number of fused-ring (bicyclic) bond motifs is 1. The third-order valence-corrected chi connectivity index (χ3v) is 4.46. The third kappa shape index (κ3) is 3.35. The van der Waals surface area contributed by atoms with Gasteiger partial charge >= 0.3 is 5.76 Å². The van der Waals surface area contributed by atoms with Crippen molar-refractivity contribution in [3.63, 3.8) is 0 Å². The number of H-pyrrole nitrogens is 1. The van der Waals surface area contributed by atoms with Crippen LogP contribution in [0.5, 0.6) is 5.75 Å². The highest BCUT2D eigenvalue weighted by Crippen LogP contribution is 2.27. The van der Waals surface area contributed by atoms with E-state index >= 15 is 0 Å². The fourth-order valence-electron chi connectivity index (χ4n) is 2.41. The van der Waals surface area contributed by atoms with Gasteiger partial charge in [-0.05, 0) is 42.0 Å². The lowest BCUT2D eigenvalue weighted by atomic mass is 10.1. The Bertz CT molecular complexity index is 1130. The van der Waals surface area contributed by atoms with E-state index < -0.39 is 5.76 Å². The molecule has 8 heteroatoms. The maximum atomic E-state index is 11.2. The molecule has 2 N–H and O–H groups in total. The normalized spacial score (nSPS) is 11.3. The Hall–Kier alpha value is -3.39. The molecular weight excluding hydrogens is 352 g/mol. The zero-order chi connectivity index (χ0) is 17.9. The summed E-state index contributed by atoms with van der Waals surface area (Å²) in [6.07, 6.45) is 1.71. The van der Waals surface area contributed by atoms with Crippen molar-refractivity contribution in [1.29, 1.82) is 0 Å². The number of anilines is 1. The van der Waals surface area contributed by atoms with Gasteiger partial charge in [0, 0.05) is 10.9 Å².